The zero-order valence-electron chi connectivity index (χ0n) is 15.2. The Balaban J connectivity index is 1.70. The number of rotatable bonds is 8. The van der Waals surface area contributed by atoms with Crippen molar-refractivity contribution in [2.45, 2.75) is 23.9 Å². The fourth-order valence-corrected chi connectivity index (χ4v) is 3.96. The summed E-state index contributed by atoms with van der Waals surface area (Å²) in [6, 6.07) is 12.6. The lowest BCUT2D eigenvalue weighted by Crippen LogP contribution is -2.18. The molecular formula is C20H17Cl3N4OS. The number of carbonyl (C=O) groups is 1. The number of benzene rings is 2. The van der Waals surface area contributed by atoms with Gasteiger partial charge in [0.1, 0.15) is 5.82 Å². The highest BCUT2D eigenvalue weighted by Gasteiger charge is 2.16. The Morgan fingerprint density at radius 3 is 2.62 bits per heavy atom. The van der Waals surface area contributed by atoms with Crippen LogP contribution in [0.1, 0.15) is 11.4 Å². The number of para-hydroxylation sites is 1. The predicted molar refractivity (Wildman–Crippen MR) is 120 cm³/mol. The minimum Gasteiger partial charge on any atom is -0.324 e. The number of allylic oxidation sites excluding steroid dienone is 1. The van der Waals surface area contributed by atoms with Crippen molar-refractivity contribution >= 4 is 58.2 Å². The molecule has 0 atom stereocenters. The van der Waals surface area contributed by atoms with Gasteiger partial charge in [0.25, 0.3) is 0 Å². The quantitative estimate of drug-likeness (QED) is 0.331. The molecule has 29 heavy (non-hydrogen) atoms. The summed E-state index contributed by atoms with van der Waals surface area (Å²) in [5.74, 6) is 0.959. The van der Waals surface area contributed by atoms with Crippen LogP contribution < -0.4 is 5.32 Å². The summed E-state index contributed by atoms with van der Waals surface area (Å²) < 4.78 is 1.86. The molecule has 3 rings (SSSR count). The van der Waals surface area contributed by atoms with Gasteiger partial charge in [0, 0.05) is 12.3 Å². The Kier molecular flexibility index (Phi) is 7.61. The Morgan fingerprint density at radius 1 is 1.10 bits per heavy atom. The number of thioether (sulfide) groups is 1. The molecule has 0 saturated carbocycles. The van der Waals surface area contributed by atoms with E-state index in [0.717, 1.165) is 5.56 Å². The Hall–Kier alpha value is -1.99. The van der Waals surface area contributed by atoms with E-state index < -0.39 is 0 Å². The number of hydrogen-bond donors (Lipinski definition) is 1. The summed E-state index contributed by atoms with van der Waals surface area (Å²) in [6.45, 7) is 4.27. The Morgan fingerprint density at radius 2 is 1.90 bits per heavy atom. The van der Waals surface area contributed by atoms with Gasteiger partial charge in [-0.05, 0) is 29.8 Å². The van der Waals surface area contributed by atoms with Gasteiger partial charge >= 0.3 is 0 Å². The molecule has 0 radical (unpaired) electrons. The van der Waals surface area contributed by atoms with Crippen LogP contribution in [0.15, 0.2) is 60.3 Å². The van der Waals surface area contributed by atoms with Crippen molar-refractivity contribution in [1.29, 1.82) is 0 Å². The molecule has 1 amide bonds. The third kappa shape index (κ3) is 5.76. The predicted octanol–water partition coefficient (Wildman–Crippen LogP) is 5.90. The summed E-state index contributed by atoms with van der Waals surface area (Å²) in [5.41, 5.74) is 1.57. The van der Waals surface area contributed by atoms with E-state index in [-0.39, 0.29) is 12.3 Å². The van der Waals surface area contributed by atoms with Crippen molar-refractivity contribution in [2.75, 3.05) is 5.32 Å². The molecule has 0 unspecified atom stereocenters. The highest BCUT2D eigenvalue weighted by atomic mass is 35.5. The van der Waals surface area contributed by atoms with Gasteiger partial charge in [-0.25, -0.2) is 0 Å². The molecule has 0 aliphatic rings. The van der Waals surface area contributed by atoms with E-state index in [9.17, 15) is 4.79 Å². The minimum atomic E-state index is -0.225. The number of halogens is 3. The molecule has 150 valence electrons. The molecule has 1 heterocycles. The average Bonchev–Trinajstić information content (AvgIpc) is 3.06. The number of anilines is 1. The first-order chi connectivity index (χ1) is 14.0. The van der Waals surface area contributed by atoms with Crippen molar-refractivity contribution in [3.05, 3.63) is 81.6 Å². The molecule has 0 saturated heterocycles. The Labute approximate surface area is 188 Å². The lowest BCUT2D eigenvalue weighted by atomic mass is 10.2. The number of hydrogen-bond acceptors (Lipinski definition) is 4. The molecule has 1 aromatic heterocycles. The van der Waals surface area contributed by atoms with Gasteiger partial charge in [-0.3, -0.25) is 4.79 Å². The largest absolute Gasteiger partial charge is 0.324 e. The normalized spacial score (nSPS) is 10.7. The van der Waals surface area contributed by atoms with Gasteiger partial charge in [0.15, 0.2) is 5.16 Å². The van der Waals surface area contributed by atoms with Crippen LogP contribution >= 0.6 is 46.6 Å². The average molecular weight is 468 g/mol. The first-order valence-electron chi connectivity index (χ1n) is 8.62. The second-order valence-corrected chi connectivity index (χ2v) is 8.20. The van der Waals surface area contributed by atoms with Crippen LogP contribution in [0.2, 0.25) is 15.1 Å². The van der Waals surface area contributed by atoms with Crippen LogP contribution in [0.4, 0.5) is 5.69 Å². The van der Waals surface area contributed by atoms with E-state index in [2.05, 4.69) is 22.1 Å². The third-order valence-corrected chi connectivity index (χ3v) is 6.03. The van der Waals surface area contributed by atoms with Crippen LogP contribution in [-0.2, 0) is 23.5 Å². The molecule has 5 nitrogen and oxygen atoms in total. The fourth-order valence-electron chi connectivity index (χ4n) is 2.55. The molecule has 0 aliphatic heterocycles. The SMILES string of the molecule is C=CCn1c(CC(=O)Nc2ccccc2Cl)nnc1SCc1ccc(Cl)c(Cl)c1. The molecule has 9 heteroatoms. The van der Waals surface area contributed by atoms with Crippen LogP contribution in [0.5, 0.6) is 0 Å². The van der Waals surface area contributed by atoms with Gasteiger partial charge in [-0.2, -0.15) is 0 Å². The van der Waals surface area contributed by atoms with Gasteiger partial charge in [0.05, 0.1) is 27.2 Å². The second kappa shape index (κ2) is 10.2. The maximum atomic E-state index is 12.4. The van der Waals surface area contributed by atoms with Crippen molar-refractivity contribution in [2.24, 2.45) is 0 Å². The van der Waals surface area contributed by atoms with Crippen molar-refractivity contribution in [3.63, 3.8) is 0 Å². The van der Waals surface area contributed by atoms with E-state index >= 15 is 0 Å². The summed E-state index contributed by atoms with van der Waals surface area (Å²) in [6.07, 6.45) is 1.81. The number of nitrogens with one attached hydrogen (secondary N) is 1. The Bertz CT molecular complexity index is 1040. The monoisotopic (exact) mass is 466 g/mol. The summed E-state index contributed by atoms with van der Waals surface area (Å²) in [5, 5.41) is 13.4. The van der Waals surface area contributed by atoms with Gasteiger partial charge in [-0.1, -0.05) is 70.8 Å². The summed E-state index contributed by atoms with van der Waals surface area (Å²) >= 11 is 19.6. The number of nitrogens with zero attached hydrogens (tertiary/aromatic N) is 3. The molecule has 0 bridgehead atoms. The molecule has 0 spiro atoms. The maximum absolute atomic E-state index is 12.4. The van der Waals surface area contributed by atoms with Crippen molar-refractivity contribution in [1.82, 2.24) is 14.8 Å². The van der Waals surface area contributed by atoms with Crippen molar-refractivity contribution < 1.29 is 4.79 Å². The van der Waals surface area contributed by atoms with E-state index in [1.807, 2.05) is 16.7 Å². The molecule has 1 N–H and O–H groups in total. The highest BCUT2D eigenvalue weighted by molar-refractivity contribution is 7.98. The zero-order chi connectivity index (χ0) is 20.8. The first kappa shape index (κ1) is 21.7. The highest BCUT2D eigenvalue weighted by Crippen LogP contribution is 2.27. The van der Waals surface area contributed by atoms with E-state index in [4.69, 9.17) is 34.8 Å². The van der Waals surface area contributed by atoms with Crippen LogP contribution in [0, 0.1) is 0 Å². The van der Waals surface area contributed by atoms with Gasteiger partial charge in [0.2, 0.25) is 5.91 Å². The van der Waals surface area contributed by atoms with Gasteiger partial charge < -0.3 is 9.88 Å². The summed E-state index contributed by atoms with van der Waals surface area (Å²) in [4.78, 5) is 12.4. The molecular weight excluding hydrogens is 451 g/mol. The van der Waals surface area contributed by atoms with E-state index in [0.29, 0.717) is 44.0 Å². The number of amides is 1. The topological polar surface area (TPSA) is 59.8 Å². The molecule has 0 aliphatic carbocycles. The van der Waals surface area contributed by atoms with Crippen LogP contribution in [-0.4, -0.2) is 20.7 Å². The van der Waals surface area contributed by atoms with E-state index in [1.165, 1.54) is 11.8 Å². The molecule has 3 aromatic rings. The summed E-state index contributed by atoms with van der Waals surface area (Å²) in [7, 11) is 0. The van der Waals surface area contributed by atoms with Gasteiger partial charge in [-0.15, -0.1) is 16.8 Å². The van der Waals surface area contributed by atoms with E-state index in [1.54, 1.807) is 36.4 Å². The zero-order valence-corrected chi connectivity index (χ0v) is 18.3. The lowest BCUT2D eigenvalue weighted by molar-refractivity contribution is -0.115. The molecule has 0 fully saturated rings. The maximum Gasteiger partial charge on any atom is 0.232 e. The standard InChI is InChI=1S/C20H17Cl3N4OS/c1-2-9-27-18(11-19(28)24-17-6-4-3-5-15(17)22)25-26-20(27)29-12-13-7-8-14(21)16(23)10-13/h2-8,10H,1,9,11-12H2,(H,24,28). The van der Waals surface area contributed by atoms with Crippen LogP contribution in [0.3, 0.4) is 0 Å². The third-order valence-electron chi connectivity index (χ3n) is 3.92. The van der Waals surface area contributed by atoms with Crippen molar-refractivity contribution in [3.8, 4) is 0 Å². The first-order valence-corrected chi connectivity index (χ1v) is 10.7. The number of aromatic nitrogens is 3. The number of carbonyl (C=O) groups excluding carboxylic acids is 1. The fraction of sp³-hybridized carbons (Fsp3) is 0.150. The second-order valence-electron chi connectivity index (χ2n) is 6.04. The lowest BCUT2D eigenvalue weighted by Gasteiger charge is -2.09. The molecule has 2 aromatic carbocycles. The van der Waals surface area contributed by atoms with Crippen LogP contribution in [0.25, 0.3) is 0 Å². The smallest absolute Gasteiger partial charge is 0.232 e. The minimum absolute atomic E-state index is 0.0688.